The highest BCUT2D eigenvalue weighted by molar-refractivity contribution is 6.05. The first-order valence-electron chi connectivity index (χ1n) is 8.87. The Morgan fingerprint density at radius 1 is 0.862 bits per heavy atom. The molecular formula is C21H18N4O4. The lowest BCUT2D eigenvalue weighted by Gasteiger charge is -2.10. The van der Waals surface area contributed by atoms with Gasteiger partial charge in [0.05, 0.1) is 17.4 Å². The van der Waals surface area contributed by atoms with Gasteiger partial charge >= 0.3 is 0 Å². The molecule has 1 aromatic heterocycles. The van der Waals surface area contributed by atoms with Crippen LogP contribution >= 0.6 is 0 Å². The van der Waals surface area contributed by atoms with Crippen LogP contribution in [0, 0.1) is 0 Å². The molecule has 0 atom stereocenters. The van der Waals surface area contributed by atoms with Crippen molar-refractivity contribution in [1.82, 2.24) is 4.98 Å². The van der Waals surface area contributed by atoms with Crippen molar-refractivity contribution in [1.29, 1.82) is 0 Å². The van der Waals surface area contributed by atoms with Crippen LogP contribution in [0.25, 0.3) is 0 Å². The fourth-order valence-corrected chi connectivity index (χ4v) is 2.85. The molecule has 1 aliphatic rings. The number of carbonyl (C=O) groups excluding carboxylic acids is 2. The Hall–Kier alpha value is -4.07. The summed E-state index contributed by atoms with van der Waals surface area (Å²) >= 11 is 0. The van der Waals surface area contributed by atoms with E-state index in [9.17, 15) is 9.59 Å². The number of benzene rings is 2. The van der Waals surface area contributed by atoms with Crippen LogP contribution in [0.15, 0.2) is 60.9 Å². The Labute approximate surface area is 166 Å². The Morgan fingerprint density at radius 3 is 2.48 bits per heavy atom. The third-order valence-corrected chi connectivity index (χ3v) is 4.10. The molecule has 0 bridgehead atoms. The van der Waals surface area contributed by atoms with Gasteiger partial charge in [-0.05, 0) is 36.4 Å². The molecule has 0 radical (unpaired) electrons. The first-order valence-corrected chi connectivity index (χ1v) is 8.87. The largest absolute Gasteiger partial charge is 0.454 e. The highest BCUT2D eigenvalue weighted by Gasteiger charge is 2.14. The van der Waals surface area contributed by atoms with Gasteiger partial charge in [-0.15, -0.1) is 0 Å². The van der Waals surface area contributed by atoms with Crippen molar-refractivity contribution >= 4 is 34.6 Å². The van der Waals surface area contributed by atoms with Crippen LogP contribution in [-0.2, 0) is 4.79 Å². The SMILES string of the molecule is CC(=O)Nc1cccc(NC(=O)c2cncc(Nc3ccc4c(c3)OCO4)c2)c1. The first-order chi connectivity index (χ1) is 14.1. The molecule has 0 saturated carbocycles. The summed E-state index contributed by atoms with van der Waals surface area (Å²) in [5.74, 6) is 0.867. The number of rotatable bonds is 5. The van der Waals surface area contributed by atoms with Crippen molar-refractivity contribution in [2.24, 2.45) is 0 Å². The van der Waals surface area contributed by atoms with Crippen LogP contribution in [0.4, 0.5) is 22.7 Å². The molecule has 0 saturated heterocycles. The number of fused-ring (bicyclic) bond motifs is 1. The molecule has 3 N–H and O–H groups in total. The topological polar surface area (TPSA) is 102 Å². The number of hydrogen-bond acceptors (Lipinski definition) is 6. The molecule has 8 heteroatoms. The Morgan fingerprint density at radius 2 is 1.66 bits per heavy atom. The van der Waals surface area contributed by atoms with Crippen molar-refractivity contribution < 1.29 is 19.1 Å². The number of aromatic nitrogens is 1. The van der Waals surface area contributed by atoms with Gasteiger partial charge in [-0.1, -0.05) is 6.07 Å². The summed E-state index contributed by atoms with van der Waals surface area (Å²) in [7, 11) is 0. The highest BCUT2D eigenvalue weighted by atomic mass is 16.7. The predicted molar refractivity (Wildman–Crippen MR) is 109 cm³/mol. The molecule has 4 rings (SSSR count). The van der Waals surface area contributed by atoms with Crippen molar-refractivity contribution in [3.05, 3.63) is 66.5 Å². The van der Waals surface area contributed by atoms with Crippen molar-refractivity contribution in [3.63, 3.8) is 0 Å². The minimum Gasteiger partial charge on any atom is -0.454 e. The Balaban J connectivity index is 1.47. The van der Waals surface area contributed by atoms with E-state index < -0.39 is 0 Å². The molecule has 0 unspecified atom stereocenters. The number of anilines is 4. The lowest BCUT2D eigenvalue weighted by atomic mass is 10.2. The second-order valence-corrected chi connectivity index (χ2v) is 6.37. The van der Waals surface area contributed by atoms with Crippen molar-refractivity contribution in [2.45, 2.75) is 6.92 Å². The van der Waals surface area contributed by atoms with Crippen molar-refractivity contribution in [2.75, 3.05) is 22.7 Å². The summed E-state index contributed by atoms with van der Waals surface area (Å²) in [6.45, 7) is 1.63. The summed E-state index contributed by atoms with van der Waals surface area (Å²) in [5.41, 5.74) is 3.00. The zero-order valence-corrected chi connectivity index (χ0v) is 15.6. The van der Waals surface area contributed by atoms with Crippen LogP contribution in [-0.4, -0.2) is 23.6 Å². The van der Waals surface area contributed by atoms with Gasteiger partial charge in [-0.2, -0.15) is 0 Å². The molecule has 0 aliphatic carbocycles. The van der Waals surface area contributed by atoms with Gasteiger partial charge in [0.25, 0.3) is 5.91 Å². The molecule has 146 valence electrons. The van der Waals surface area contributed by atoms with E-state index in [2.05, 4.69) is 20.9 Å². The molecular weight excluding hydrogens is 372 g/mol. The molecule has 3 aromatic rings. The molecule has 2 heterocycles. The van der Waals surface area contributed by atoms with Crippen LogP contribution in [0.1, 0.15) is 17.3 Å². The van der Waals surface area contributed by atoms with Gasteiger partial charge < -0.3 is 25.4 Å². The van der Waals surface area contributed by atoms with Gasteiger partial charge in [-0.25, -0.2) is 0 Å². The van der Waals surface area contributed by atoms with E-state index in [0.717, 1.165) is 5.69 Å². The maximum absolute atomic E-state index is 12.6. The first kappa shape index (κ1) is 18.3. The quantitative estimate of drug-likeness (QED) is 0.613. The van der Waals surface area contributed by atoms with Gasteiger partial charge in [0, 0.05) is 36.2 Å². The predicted octanol–water partition coefficient (Wildman–Crippen LogP) is 3.76. The molecule has 0 spiro atoms. The number of nitrogens with one attached hydrogen (secondary N) is 3. The molecule has 2 aromatic carbocycles. The van der Waals surface area contributed by atoms with E-state index >= 15 is 0 Å². The molecule has 29 heavy (non-hydrogen) atoms. The van der Waals surface area contributed by atoms with E-state index in [-0.39, 0.29) is 18.6 Å². The maximum atomic E-state index is 12.6. The molecule has 8 nitrogen and oxygen atoms in total. The van der Waals surface area contributed by atoms with E-state index in [1.807, 2.05) is 18.2 Å². The number of carbonyl (C=O) groups is 2. The zero-order valence-electron chi connectivity index (χ0n) is 15.6. The minimum atomic E-state index is -0.313. The highest BCUT2D eigenvalue weighted by Crippen LogP contribution is 2.35. The number of hydrogen-bond donors (Lipinski definition) is 3. The van der Waals surface area contributed by atoms with Gasteiger partial charge in [0.1, 0.15) is 0 Å². The minimum absolute atomic E-state index is 0.181. The van der Waals surface area contributed by atoms with Crippen LogP contribution < -0.4 is 25.4 Å². The third-order valence-electron chi connectivity index (χ3n) is 4.10. The standard InChI is InChI=1S/C21H18N4O4/c1-13(26)23-15-3-2-4-16(8-15)25-21(27)14-7-18(11-22-10-14)24-17-5-6-19-20(9-17)29-12-28-19/h2-11,24H,12H2,1H3,(H,23,26)(H,25,27). The van der Waals surface area contributed by atoms with E-state index in [1.54, 1.807) is 36.5 Å². The van der Waals surface area contributed by atoms with E-state index in [4.69, 9.17) is 9.47 Å². The number of ether oxygens (including phenoxy) is 2. The van der Waals surface area contributed by atoms with Gasteiger partial charge in [0.15, 0.2) is 11.5 Å². The van der Waals surface area contributed by atoms with Crippen LogP contribution in [0.2, 0.25) is 0 Å². The van der Waals surface area contributed by atoms with E-state index in [0.29, 0.717) is 34.1 Å². The van der Waals surface area contributed by atoms with E-state index in [1.165, 1.54) is 13.1 Å². The van der Waals surface area contributed by atoms with Crippen LogP contribution in [0.3, 0.4) is 0 Å². The fourth-order valence-electron chi connectivity index (χ4n) is 2.85. The third kappa shape index (κ3) is 4.44. The lowest BCUT2D eigenvalue weighted by molar-refractivity contribution is -0.114. The average Bonchev–Trinajstić information content (AvgIpc) is 3.16. The zero-order chi connectivity index (χ0) is 20.2. The fraction of sp³-hybridized carbons (Fsp3) is 0.0952. The Kier molecular flexibility index (Phi) is 4.98. The summed E-state index contributed by atoms with van der Waals surface area (Å²) in [5, 5.41) is 8.68. The summed E-state index contributed by atoms with van der Waals surface area (Å²) in [4.78, 5) is 27.9. The monoisotopic (exact) mass is 390 g/mol. The molecule has 0 fully saturated rings. The van der Waals surface area contributed by atoms with Crippen LogP contribution in [0.5, 0.6) is 11.5 Å². The van der Waals surface area contributed by atoms with Gasteiger partial charge in [-0.3, -0.25) is 14.6 Å². The summed E-state index contributed by atoms with van der Waals surface area (Å²) < 4.78 is 10.7. The van der Waals surface area contributed by atoms with Crippen molar-refractivity contribution in [3.8, 4) is 11.5 Å². The Bertz CT molecular complexity index is 1080. The molecule has 2 amide bonds. The lowest BCUT2D eigenvalue weighted by Crippen LogP contribution is -2.13. The number of pyridine rings is 1. The normalized spacial score (nSPS) is 11.6. The summed E-state index contributed by atoms with van der Waals surface area (Å²) in [6, 6.07) is 14.1. The second kappa shape index (κ2) is 7.89. The number of nitrogens with zero attached hydrogens (tertiary/aromatic N) is 1. The smallest absolute Gasteiger partial charge is 0.257 e. The molecule has 1 aliphatic heterocycles. The number of amides is 2. The maximum Gasteiger partial charge on any atom is 0.257 e. The second-order valence-electron chi connectivity index (χ2n) is 6.37. The van der Waals surface area contributed by atoms with Gasteiger partial charge in [0.2, 0.25) is 12.7 Å². The summed E-state index contributed by atoms with van der Waals surface area (Å²) in [6.07, 6.45) is 3.11. The average molecular weight is 390 g/mol.